The normalized spacial score (nSPS) is 14.3. The molecule has 5 aromatic rings. The van der Waals surface area contributed by atoms with Gasteiger partial charge in [-0.05, 0) is 81.6 Å². The molecule has 1 amide bonds. The first-order valence-corrected chi connectivity index (χ1v) is 17.0. The molecule has 0 atom stereocenters. The SMILES string of the molecule is NCc1cc(-c2ccc(C(=O)N3CCN(S(=O)(=O)CC=Cc4ccc5cc(Cl)ccc5c4)CC3)cc2)ccc1-c1cccc[n+]1[O-]. The molecule has 1 aromatic heterocycles. The maximum absolute atomic E-state index is 13.3. The summed E-state index contributed by atoms with van der Waals surface area (Å²) in [6.07, 6.45) is 4.93. The Hall–Kier alpha value is -4.54. The number of hydrogen-bond donors (Lipinski definition) is 1. The molecule has 6 rings (SSSR count). The van der Waals surface area contributed by atoms with Crippen LogP contribution >= 0.6 is 11.6 Å². The van der Waals surface area contributed by atoms with Gasteiger partial charge < -0.3 is 15.8 Å². The predicted octanol–water partition coefficient (Wildman–Crippen LogP) is 5.72. The van der Waals surface area contributed by atoms with E-state index < -0.39 is 10.0 Å². The van der Waals surface area contributed by atoms with Crippen molar-refractivity contribution in [3.8, 4) is 22.4 Å². The van der Waals surface area contributed by atoms with Gasteiger partial charge in [-0.25, -0.2) is 8.42 Å². The van der Waals surface area contributed by atoms with E-state index in [0.717, 1.165) is 43.3 Å². The lowest BCUT2D eigenvalue weighted by Gasteiger charge is -2.34. The van der Waals surface area contributed by atoms with Gasteiger partial charge in [0.1, 0.15) is 0 Å². The van der Waals surface area contributed by atoms with Crippen molar-refractivity contribution in [1.82, 2.24) is 9.21 Å². The molecular formula is C36H33ClN4O4S. The van der Waals surface area contributed by atoms with Crippen molar-refractivity contribution >= 4 is 44.4 Å². The van der Waals surface area contributed by atoms with Gasteiger partial charge in [-0.15, -0.1) is 0 Å². The molecule has 2 heterocycles. The van der Waals surface area contributed by atoms with Crippen molar-refractivity contribution in [3.63, 3.8) is 0 Å². The number of halogens is 1. The molecule has 0 radical (unpaired) electrons. The molecule has 46 heavy (non-hydrogen) atoms. The first-order chi connectivity index (χ1) is 22.2. The van der Waals surface area contributed by atoms with Crippen LogP contribution in [-0.2, 0) is 16.6 Å². The summed E-state index contributed by atoms with van der Waals surface area (Å²) in [5.41, 5.74) is 11.5. The fourth-order valence-corrected chi connectivity index (χ4v) is 7.19. The largest absolute Gasteiger partial charge is 0.618 e. The van der Waals surface area contributed by atoms with Crippen LogP contribution < -0.4 is 10.5 Å². The van der Waals surface area contributed by atoms with Gasteiger partial charge in [0, 0.05) is 55.4 Å². The predicted molar refractivity (Wildman–Crippen MR) is 183 cm³/mol. The number of carbonyl (C=O) groups is 1. The van der Waals surface area contributed by atoms with Crippen molar-refractivity contribution in [2.45, 2.75) is 6.54 Å². The fourth-order valence-electron chi connectivity index (χ4n) is 5.74. The molecule has 8 nitrogen and oxygen atoms in total. The third-order valence-corrected chi connectivity index (χ3v) is 10.3. The number of pyridine rings is 1. The Morgan fingerprint density at radius 2 is 1.59 bits per heavy atom. The number of nitrogens with two attached hydrogens (primary N) is 1. The Morgan fingerprint density at radius 1 is 0.870 bits per heavy atom. The molecular weight excluding hydrogens is 620 g/mol. The van der Waals surface area contributed by atoms with Gasteiger partial charge in [-0.3, -0.25) is 4.79 Å². The third kappa shape index (κ3) is 6.83. The van der Waals surface area contributed by atoms with Crippen LogP contribution in [0.15, 0.2) is 109 Å². The summed E-state index contributed by atoms with van der Waals surface area (Å²) < 4.78 is 28.4. The first-order valence-electron chi connectivity index (χ1n) is 15.0. The number of sulfonamides is 1. The lowest BCUT2D eigenvalue weighted by atomic mass is 9.96. The van der Waals surface area contributed by atoms with E-state index in [1.807, 2.05) is 78.9 Å². The van der Waals surface area contributed by atoms with Crippen molar-refractivity contribution in [1.29, 1.82) is 0 Å². The number of nitrogens with zero attached hydrogens (tertiary/aromatic N) is 3. The number of fused-ring (bicyclic) bond motifs is 1. The van der Waals surface area contributed by atoms with Crippen LogP contribution in [0.3, 0.4) is 0 Å². The van der Waals surface area contributed by atoms with E-state index in [-0.39, 0.29) is 31.3 Å². The van der Waals surface area contributed by atoms with Crippen LogP contribution in [0.5, 0.6) is 0 Å². The minimum absolute atomic E-state index is 0.115. The van der Waals surface area contributed by atoms with E-state index in [1.54, 1.807) is 35.2 Å². The number of piperazine rings is 1. The quantitative estimate of drug-likeness (QED) is 0.170. The van der Waals surface area contributed by atoms with Gasteiger partial charge in [0.15, 0.2) is 6.20 Å². The maximum Gasteiger partial charge on any atom is 0.253 e. The average molecular weight is 653 g/mol. The van der Waals surface area contributed by atoms with Crippen LogP contribution in [0.4, 0.5) is 0 Å². The van der Waals surface area contributed by atoms with E-state index in [1.165, 1.54) is 10.5 Å². The molecule has 0 saturated carbocycles. The highest BCUT2D eigenvalue weighted by Crippen LogP contribution is 2.28. The second-order valence-electron chi connectivity index (χ2n) is 11.2. The number of benzene rings is 4. The number of aromatic nitrogens is 1. The van der Waals surface area contributed by atoms with E-state index in [2.05, 4.69) is 0 Å². The Balaban J connectivity index is 1.06. The van der Waals surface area contributed by atoms with Crippen molar-refractivity contribution in [3.05, 3.63) is 136 Å². The van der Waals surface area contributed by atoms with E-state index in [4.69, 9.17) is 17.3 Å². The summed E-state index contributed by atoms with van der Waals surface area (Å²) in [5.74, 6) is -0.251. The number of hydrogen-bond acceptors (Lipinski definition) is 5. The lowest BCUT2D eigenvalue weighted by molar-refractivity contribution is -0.593. The highest BCUT2D eigenvalue weighted by molar-refractivity contribution is 7.89. The molecule has 0 unspecified atom stereocenters. The summed E-state index contributed by atoms with van der Waals surface area (Å²) in [6.45, 7) is 1.40. The Morgan fingerprint density at radius 3 is 2.33 bits per heavy atom. The van der Waals surface area contributed by atoms with Crippen LogP contribution in [0.2, 0.25) is 5.02 Å². The van der Waals surface area contributed by atoms with E-state index in [0.29, 0.717) is 29.4 Å². The number of amides is 1. The molecule has 0 bridgehead atoms. The smallest absolute Gasteiger partial charge is 0.253 e. The third-order valence-electron chi connectivity index (χ3n) is 8.25. The first kappa shape index (κ1) is 31.4. The summed E-state index contributed by atoms with van der Waals surface area (Å²) in [7, 11) is -3.52. The second-order valence-corrected chi connectivity index (χ2v) is 13.6. The standard InChI is InChI=1S/C36H33ClN4O4S/c37-33-14-12-29-22-26(6-7-31(29)24-33)4-3-21-46(44,45)40-19-17-39(18-20-40)36(42)28-10-8-27(9-11-28)30-13-15-34(32(23-30)25-38)35-5-1-2-16-41(35)43/h1-16,22-24H,17-21,25,38H2. The molecule has 1 fully saturated rings. The number of carbonyl (C=O) groups excluding carboxylic acids is 1. The minimum Gasteiger partial charge on any atom is -0.618 e. The molecule has 10 heteroatoms. The minimum atomic E-state index is -3.52. The highest BCUT2D eigenvalue weighted by Gasteiger charge is 2.28. The molecule has 0 aliphatic carbocycles. The molecule has 4 aromatic carbocycles. The van der Waals surface area contributed by atoms with E-state index >= 15 is 0 Å². The van der Waals surface area contributed by atoms with Gasteiger partial charge >= 0.3 is 0 Å². The topological polar surface area (TPSA) is 111 Å². The molecule has 2 N–H and O–H groups in total. The van der Waals surface area contributed by atoms with Crippen LogP contribution in [0.25, 0.3) is 39.2 Å². The summed E-state index contributed by atoms with van der Waals surface area (Å²) >= 11 is 6.06. The zero-order valence-electron chi connectivity index (χ0n) is 25.1. The van der Waals surface area contributed by atoms with Crippen molar-refractivity contribution in [2.75, 3.05) is 31.9 Å². The Labute approximate surface area is 273 Å². The van der Waals surface area contributed by atoms with Crippen LogP contribution in [-0.4, -0.2) is 55.5 Å². The molecule has 0 spiro atoms. The maximum atomic E-state index is 13.3. The van der Waals surface area contributed by atoms with Gasteiger partial charge in [-0.2, -0.15) is 9.04 Å². The molecule has 234 valence electrons. The molecule has 1 saturated heterocycles. The summed E-state index contributed by atoms with van der Waals surface area (Å²) in [5, 5.41) is 15.0. The van der Waals surface area contributed by atoms with Gasteiger partial charge in [0.25, 0.3) is 5.91 Å². The monoisotopic (exact) mass is 652 g/mol. The molecule has 1 aliphatic rings. The highest BCUT2D eigenvalue weighted by atomic mass is 35.5. The van der Waals surface area contributed by atoms with Crippen molar-refractivity contribution < 1.29 is 17.9 Å². The number of rotatable bonds is 8. The lowest BCUT2D eigenvalue weighted by Crippen LogP contribution is -2.50. The van der Waals surface area contributed by atoms with Gasteiger partial charge in [-0.1, -0.05) is 60.2 Å². The Kier molecular flexibility index (Phi) is 9.19. The summed E-state index contributed by atoms with van der Waals surface area (Å²) in [4.78, 5) is 15.0. The van der Waals surface area contributed by atoms with Gasteiger partial charge in [0.2, 0.25) is 15.7 Å². The zero-order chi connectivity index (χ0) is 32.3. The van der Waals surface area contributed by atoms with Crippen LogP contribution in [0, 0.1) is 5.21 Å². The van der Waals surface area contributed by atoms with Crippen molar-refractivity contribution in [2.24, 2.45) is 5.73 Å². The van der Waals surface area contributed by atoms with Gasteiger partial charge in [0.05, 0.1) is 11.3 Å². The fraction of sp³-hybridized carbons (Fsp3) is 0.167. The van der Waals surface area contributed by atoms with Crippen LogP contribution in [0.1, 0.15) is 21.5 Å². The second kappa shape index (κ2) is 13.4. The molecule has 1 aliphatic heterocycles. The summed E-state index contributed by atoms with van der Waals surface area (Å²) in [6, 6.07) is 29.9. The zero-order valence-corrected chi connectivity index (χ0v) is 26.6. The Bertz CT molecular complexity index is 2040. The average Bonchev–Trinajstić information content (AvgIpc) is 3.08. The van der Waals surface area contributed by atoms with E-state index in [9.17, 15) is 18.4 Å².